The van der Waals surface area contributed by atoms with Crippen LogP contribution in [0.25, 0.3) is 0 Å². The molecule has 2 aromatic rings. The van der Waals surface area contributed by atoms with Gasteiger partial charge in [0.05, 0.1) is 0 Å². The van der Waals surface area contributed by atoms with Gasteiger partial charge in [-0.05, 0) is 55.0 Å². The van der Waals surface area contributed by atoms with Crippen LogP contribution < -0.4 is 10.1 Å². The molecule has 0 saturated carbocycles. The van der Waals surface area contributed by atoms with Crippen LogP contribution in [0, 0.1) is 0 Å². The first-order valence-corrected chi connectivity index (χ1v) is 8.43. The molecule has 0 saturated heterocycles. The second-order valence-corrected chi connectivity index (χ2v) is 6.29. The summed E-state index contributed by atoms with van der Waals surface area (Å²) in [5.41, 5.74) is 4.06. The fourth-order valence-corrected chi connectivity index (χ4v) is 3.06. The summed E-state index contributed by atoms with van der Waals surface area (Å²) < 4.78 is 5.74. The molecule has 23 heavy (non-hydrogen) atoms. The van der Waals surface area contributed by atoms with Crippen molar-refractivity contribution < 1.29 is 9.84 Å². The van der Waals surface area contributed by atoms with Crippen molar-refractivity contribution >= 4 is 0 Å². The third kappa shape index (κ3) is 4.34. The molecule has 1 aliphatic carbocycles. The fourth-order valence-electron chi connectivity index (χ4n) is 3.06. The highest BCUT2D eigenvalue weighted by molar-refractivity contribution is 5.38. The average molecular weight is 311 g/mol. The van der Waals surface area contributed by atoms with Crippen LogP contribution in [0.15, 0.2) is 48.5 Å². The van der Waals surface area contributed by atoms with Crippen molar-refractivity contribution in [3.05, 3.63) is 65.2 Å². The zero-order valence-electron chi connectivity index (χ0n) is 13.7. The maximum Gasteiger partial charge on any atom is 0.119 e. The number of ether oxygens (including phenoxy) is 1. The topological polar surface area (TPSA) is 41.5 Å². The summed E-state index contributed by atoms with van der Waals surface area (Å²) in [4.78, 5) is 0. The van der Waals surface area contributed by atoms with Crippen LogP contribution in [0.1, 0.15) is 36.1 Å². The van der Waals surface area contributed by atoms with E-state index in [1.165, 1.54) is 29.5 Å². The highest BCUT2D eigenvalue weighted by atomic mass is 16.5. The molecule has 122 valence electrons. The second-order valence-electron chi connectivity index (χ2n) is 6.29. The number of aryl methyl sites for hydroxylation is 2. The molecular formula is C20H25NO2. The zero-order valence-corrected chi connectivity index (χ0v) is 13.7. The number of aliphatic hydroxyl groups excluding tert-OH is 1. The van der Waals surface area contributed by atoms with Gasteiger partial charge in [0.15, 0.2) is 0 Å². The third-order valence-electron chi connectivity index (χ3n) is 4.47. The van der Waals surface area contributed by atoms with Crippen molar-refractivity contribution in [3.63, 3.8) is 0 Å². The largest absolute Gasteiger partial charge is 0.491 e. The molecule has 3 nitrogen and oxygen atoms in total. The Morgan fingerprint density at radius 3 is 2.70 bits per heavy atom. The van der Waals surface area contributed by atoms with E-state index in [2.05, 4.69) is 36.5 Å². The lowest BCUT2D eigenvalue weighted by Crippen LogP contribution is -2.33. The maximum absolute atomic E-state index is 10.1. The lowest BCUT2D eigenvalue weighted by Gasteiger charge is -2.18. The van der Waals surface area contributed by atoms with E-state index >= 15 is 0 Å². The lowest BCUT2D eigenvalue weighted by atomic mass is 10.1. The molecule has 0 unspecified atom stereocenters. The van der Waals surface area contributed by atoms with E-state index in [0.29, 0.717) is 13.2 Å². The van der Waals surface area contributed by atoms with Gasteiger partial charge < -0.3 is 15.2 Å². The summed E-state index contributed by atoms with van der Waals surface area (Å²) in [5.74, 6) is 0.862. The minimum atomic E-state index is -0.519. The molecule has 0 bridgehead atoms. The smallest absolute Gasteiger partial charge is 0.119 e. The van der Waals surface area contributed by atoms with Gasteiger partial charge in [0.2, 0.25) is 0 Å². The summed E-state index contributed by atoms with van der Waals surface area (Å²) in [5, 5.41) is 13.5. The highest BCUT2D eigenvalue weighted by Gasteiger charge is 2.13. The number of hydrogen-bond donors (Lipinski definition) is 2. The van der Waals surface area contributed by atoms with Crippen LogP contribution in [-0.2, 0) is 12.8 Å². The van der Waals surface area contributed by atoms with Crippen molar-refractivity contribution in [1.29, 1.82) is 0 Å². The van der Waals surface area contributed by atoms with Crippen LogP contribution >= 0.6 is 0 Å². The third-order valence-corrected chi connectivity index (χ3v) is 4.47. The molecule has 3 rings (SSSR count). The number of aliphatic hydroxyl groups is 1. The van der Waals surface area contributed by atoms with E-state index in [1.807, 2.05) is 24.3 Å². The first kappa shape index (κ1) is 16.0. The molecule has 0 aliphatic heterocycles. The molecular weight excluding hydrogens is 286 g/mol. The van der Waals surface area contributed by atoms with Crippen molar-refractivity contribution in [1.82, 2.24) is 5.32 Å². The Labute approximate surface area is 138 Å². The molecule has 2 atom stereocenters. The maximum atomic E-state index is 10.1. The Hall–Kier alpha value is -1.84. The van der Waals surface area contributed by atoms with Crippen LogP contribution in [-0.4, -0.2) is 24.4 Å². The van der Waals surface area contributed by atoms with E-state index in [1.54, 1.807) is 0 Å². The van der Waals surface area contributed by atoms with E-state index < -0.39 is 6.10 Å². The Bertz CT molecular complexity index is 627. The van der Waals surface area contributed by atoms with Crippen molar-refractivity contribution in [2.24, 2.45) is 0 Å². The average Bonchev–Trinajstić information content (AvgIpc) is 3.06. The first-order chi connectivity index (χ1) is 11.2. The quantitative estimate of drug-likeness (QED) is 0.824. The summed E-state index contributed by atoms with van der Waals surface area (Å²) in [6.07, 6.45) is 3.04. The number of rotatable bonds is 7. The monoisotopic (exact) mass is 311 g/mol. The highest BCUT2D eigenvalue weighted by Crippen LogP contribution is 2.26. The Morgan fingerprint density at radius 1 is 1.09 bits per heavy atom. The number of fused-ring (bicyclic) bond motifs is 1. The molecule has 2 aromatic carbocycles. The van der Waals surface area contributed by atoms with Crippen molar-refractivity contribution in [2.45, 2.75) is 38.3 Å². The van der Waals surface area contributed by atoms with E-state index in [0.717, 1.165) is 12.2 Å². The Balaban J connectivity index is 1.44. The first-order valence-electron chi connectivity index (χ1n) is 8.43. The minimum absolute atomic E-state index is 0.214. The number of nitrogens with one attached hydrogen (secondary N) is 1. The van der Waals surface area contributed by atoms with Gasteiger partial charge in [-0.1, -0.05) is 36.4 Å². The minimum Gasteiger partial charge on any atom is -0.491 e. The summed E-state index contributed by atoms with van der Waals surface area (Å²) in [6.45, 7) is 2.93. The molecule has 1 aliphatic rings. The van der Waals surface area contributed by atoms with Crippen LogP contribution in [0.2, 0.25) is 0 Å². The van der Waals surface area contributed by atoms with Crippen LogP contribution in [0.3, 0.4) is 0 Å². The van der Waals surface area contributed by atoms with Crippen molar-refractivity contribution in [3.8, 4) is 5.75 Å². The predicted octanol–water partition coefficient (Wildman–Crippen LogP) is 3.27. The fraction of sp³-hybridized carbons (Fsp3) is 0.400. The molecule has 0 spiro atoms. The second kappa shape index (κ2) is 7.62. The van der Waals surface area contributed by atoms with Gasteiger partial charge in [0, 0.05) is 12.6 Å². The Kier molecular flexibility index (Phi) is 5.31. The summed E-state index contributed by atoms with van der Waals surface area (Å²) in [6, 6.07) is 16.7. The van der Waals surface area contributed by atoms with Gasteiger partial charge in [-0.3, -0.25) is 0 Å². The zero-order chi connectivity index (χ0) is 16.1. The summed E-state index contributed by atoms with van der Waals surface area (Å²) >= 11 is 0. The standard InChI is InChI=1S/C20H25NO2/c1-15(16-6-3-2-4-7-16)21-13-19(22)14-23-20-11-10-17-8-5-9-18(17)12-20/h2-4,6-7,10-12,15,19,21-22H,5,8-9,13-14H2,1H3/t15-,19-/m0/s1. The van der Waals surface area contributed by atoms with Gasteiger partial charge in [-0.15, -0.1) is 0 Å². The van der Waals surface area contributed by atoms with Gasteiger partial charge in [-0.25, -0.2) is 0 Å². The van der Waals surface area contributed by atoms with E-state index in [9.17, 15) is 5.11 Å². The van der Waals surface area contributed by atoms with Gasteiger partial charge in [-0.2, -0.15) is 0 Å². The van der Waals surface area contributed by atoms with Crippen LogP contribution in [0.5, 0.6) is 5.75 Å². The van der Waals surface area contributed by atoms with Gasteiger partial charge in [0.1, 0.15) is 18.5 Å². The molecule has 2 N–H and O–H groups in total. The van der Waals surface area contributed by atoms with E-state index in [-0.39, 0.29) is 6.04 Å². The van der Waals surface area contributed by atoms with Crippen LogP contribution in [0.4, 0.5) is 0 Å². The SMILES string of the molecule is C[C@H](NC[C@H](O)COc1ccc2c(c1)CCC2)c1ccccc1. The summed E-state index contributed by atoms with van der Waals surface area (Å²) in [7, 11) is 0. The molecule has 0 aromatic heterocycles. The number of benzene rings is 2. The van der Waals surface area contributed by atoms with E-state index in [4.69, 9.17) is 4.74 Å². The normalized spacial score (nSPS) is 15.9. The Morgan fingerprint density at radius 2 is 1.87 bits per heavy atom. The molecule has 0 radical (unpaired) electrons. The molecule has 0 amide bonds. The molecule has 3 heteroatoms. The number of hydrogen-bond acceptors (Lipinski definition) is 3. The molecule has 0 heterocycles. The van der Waals surface area contributed by atoms with Gasteiger partial charge in [0.25, 0.3) is 0 Å². The lowest BCUT2D eigenvalue weighted by molar-refractivity contribution is 0.104. The van der Waals surface area contributed by atoms with Gasteiger partial charge >= 0.3 is 0 Å². The van der Waals surface area contributed by atoms with Crippen molar-refractivity contribution in [2.75, 3.05) is 13.2 Å². The molecule has 0 fully saturated rings. The predicted molar refractivity (Wildman–Crippen MR) is 92.8 cm³/mol.